The zero-order chi connectivity index (χ0) is 18.9. The van der Waals surface area contributed by atoms with E-state index in [-0.39, 0.29) is 42.6 Å². The minimum atomic E-state index is -0.593. The lowest BCUT2D eigenvalue weighted by molar-refractivity contribution is -0.142. The summed E-state index contributed by atoms with van der Waals surface area (Å²) in [6, 6.07) is -0.181. The molecule has 0 aromatic heterocycles. The quantitative estimate of drug-likeness (QED) is 0.708. The van der Waals surface area contributed by atoms with Gasteiger partial charge in [0, 0.05) is 5.92 Å². The number of hydrogen-bond acceptors (Lipinski definition) is 5. The highest BCUT2D eigenvalue weighted by atomic mass is 16.7. The van der Waals surface area contributed by atoms with E-state index in [1.54, 1.807) is 0 Å². The summed E-state index contributed by atoms with van der Waals surface area (Å²) in [6.45, 7) is 13.9. The zero-order valence-electron chi connectivity index (χ0n) is 16.4. The predicted octanol–water partition coefficient (Wildman–Crippen LogP) is 3.50. The molecular weight excluding hydrogens is 322 g/mol. The van der Waals surface area contributed by atoms with Crippen molar-refractivity contribution in [1.29, 1.82) is 0 Å². The average Bonchev–Trinajstić information content (AvgIpc) is 3.02. The standard InChI is InChI=1S/C19H31NO5/c1-11(2)15-10-23-18(22)20(15)17(21)13(4)9-8-12(3)16-14(5)24-19(6,7)25-16/h8,11,13-16H,9-10H2,1-7H3/b12-8+/t13-,14-,15-,16-/m1/s1. The molecule has 25 heavy (non-hydrogen) atoms. The Balaban J connectivity index is 2.00. The number of amides is 2. The monoisotopic (exact) mass is 353 g/mol. The molecular formula is C19H31NO5. The normalized spacial score (nSPS) is 30.7. The summed E-state index contributed by atoms with van der Waals surface area (Å²) in [5.74, 6) is -0.897. The van der Waals surface area contributed by atoms with Gasteiger partial charge >= 0.3 is 6.09 Å². The maximum absolute atomic E-state index is 12.7. The Bertz CT molecular complexity index is 554. The van der Waals surface area contributed by atoms with Crippen LogP contribution in [0.1, 0.15) is 54.9 Å². The number of imide groups is 1. The van der Waals surface area contributed by atoms with Gasteiger partial charge in [-0.15, -0.1) is 0 Å². The molecule has 0 unspecified atom stereocenters. The van der Waals surface area contributed by atoms with Crippen LogP contribution in [0.25, 0.3) is 0 Å². The number of nitrogens with zero attached hydrogens (tertiary/aromatic N) is 1. The van der Waals surface area contributed by atoms with E-state index in [4.69, 9.17) is 14.2 Å². The SMILES string of the molecule is C/C(=C\C[C@@H](C)C(=O)N1C(=O)OC[C@@H]1C(C)C)[C@H]1OC(C)(C)O[C@@H]1C. The molecule has 0 saturated carbocycles. The van der Waals surface area contributed by atoms with Crippen molar-refractivity contribution in [2.45, 2.75) is 78.9 Å². The molecule has 2 fully saturated rings. The summed E-state index contributed by atoms with van der Waals surface area (Å²) >= 11 is 0. The maximum Gasteiger partial charge on any atom is 0.416 e. The topological polar surface area (TPSA) is 65.1 Å². The molecule has 0 aromatic rings. The lowest BCUT2D eigenvalue weighted by atomic mass is 9.98. The number of rotatable bonds is 5. The van der Waals surface area contributed by atoms with Gasteiger partial charge < -0.3 is 14.2 Å². The van der Waals surface area contributed by atoms with Crippen LogP contribution in [0, 0.1) is 11.8 Å². The Morgan fingerprint density at radius 2 is 1.96 bits per heavy atom. The molecule has 2 aliphatic rings. The second-order valence-corrected chi connectivity index (χ2v) is 7.94. The van der Waals surface area contributed by atoms with Gasteiger partial charge in [0.1, 0.15) is 12.7 Å². The number of cyclic esters (lactones) is 1. The van der Waals surface area contributed by atoms with E-state index in [1.165, 1.54) is 4.90 Å². The third-order valence-corrected chi connectivity index (χ3v) is 4.88. The molecule has 6 heteroatoms. The first-order valence-electron chi connectivity index (χ1n) is 9.05. The van der Waals surface area contributed by atoms with Gasteiger partial charge in [-0.3, -0.25) is 4.79 Å². The molecule has 0 aliphatic carbocycles. The zero-order valence-corrected chi connectivity index (χ0v) is 16.4. The molecule has 2 aliphatic heterocycles. The van der Waals surface area contributed by atoms with Gasteiger partial charge in [0.05, 0.1) is 12.1 Å². The smallest absolute Gasteiger partial charge is 0.416 e. The summed E-state index contributed by atoms with van der Waals surface area (Å²) in [5.41, 5.74) is 1.04. The third kappa shape index (κ3) is 4.42. The molecule has 0 radical (unpaired) electrons. The first-order chi connectivity index (χ1) is 11.5. The molecule has 142 valence electrons. The number of carbonyl (C=O) groups is 2. The summed E-state index contributed by atoms with van der Waals surface area (Å²) < 4.78 is 16.8. The second-order valence-electron chi connectivity index (χ2n) is 7.94. The van der Waals surface area contributed by atoms with Crippen molar-refractivity contribution in [2.75, 3.05) is 6.61 Å². The van der Waals surface area contributed by atoms with Gasteiger partial charge in [-0.25, -0.2) is 9.69 Å². The molecule has 2 rings (SSSR count). The van der Waals surface area contributed by atoms with Crippen LogP contribution in [-0.4, -0.2) is 47.5 Å². The van der Waals surface area contributed by atoms with Crippen LogP contribution < -0.4 is 0 Å². The van der Waals surface area contributed by atoms with Gasteiger partial charge in [-0.05, 0) is 45.6 Å². The highest BCUT2D eigenvalue weighted by molar-refractivity contribution is 5.94. The molecule has 6 nitrogen and oxygen atoms in total. The van der Waals surface area contributed by atoms with Crippen molar-refractivity contribution in [1.82, 2.24) is 4.90 Å². The van der Waals surface area contributed by atoms with Crippen molar-refractivity contribution < 1.29 is 23.8 Å². The van der Waals surface area contributed by atoms with E-state index in [0.29, 0.717) is 6.42 Å². The first-order valence-corrected chi connectivity index (χ1v) is 9.05. The van der Waals surface area contributed by atoms with Gasteiger partial charge in [0.15, 0.2) is 5.79 Å². The van der Waals surface area contributed by atoms with E-state index in [9.17, 15) is 9.59 Å². The molecule has 0 bridgehead atoms. The van der Waals surface area contributed by atoms with Crippen molar-refractivity contribution in [2.24, 2.45) is 11.8 Å². The molecule has 0 spiro atoms. The van der Waals surface area contributed by atoms with Crippen LogP contribution >= 0.6 is 0 Å². The predicted molar refractivity (Wildman–Crippen MR) is 93.9 cm³/mol. The van der Waals surface area contributed by atoms with Crippen LogP contribution in [-0.2, 0) is 19.0 Å². The average molecular weight is 353 g/mol. The van der Waals surface area contributed by atoms with E-state index in [2.05, 4.69) is 0 Å². The van der Waals surface area contributed by atoms with Crippen LogP contribution in [0.2, 0.25) is 0 Å². The Morgan fingerprint density at radius 1 is 1.32 bits per heavy atom. The van der Waals surface area contributed by atoms with Crippen LogP contribution in [0.15, 0.2) is 11.6 Å². The minimum absolute atomic E-state index is 0.0314. The van der Waals surface area contributed by atoms with Gasteiger partial charge in [-0.1, -0.05) is 26.8 Å². The van der Waals surface area contributed by atoms with E-state index in [0.717, 1.165) is 5.57 Å². The highest BCUT2D eigenvalue weighted by Gasteiger charge is 2.41. The van der Waals surface area contributed by atoms with Crippen molar-refractivity contribution in [3.05, 3.63) is 11.6 Å². The summed E-state index contributed by atoms with van der Waals surface area (Å²) in [5, 5.41) is 0. The molecule has 2 saturated heterocycles. The van der Waals surface area contributed by atoms with E-state index < -0.39 is 11.9 Å². The fourth-order valence-electron chi connectivity index (χ4n) is 3.40. The Hall–Kier alpha value is -1.40. The fraction of sp³-hybridized carbons (Fsp3) is 0.789. The lowest BCUT2D eigenvalue weighted by Crippen LogP contribution is -2.44. The lowest BCUT2D eigenvalue weighted by Gasteiger charge is -2.25. The minimum Gasteiger partial charge on any atom is -0.447 e. The number of hydrogen-bond donors (Lipinski definition) is 0. The summed E-state index contributed by atoms with van der Waals surface area (Å²) in [6.07, 6.45) is 1.89. The summed E-state index contributed by atoms with van der Waals surface area (Å²) in [7, 11) is 0. The van der Waals surface area contributed by atoms with Crippen molar-refractivity contribution in [3.63, 3.8) is 0 Å². The van der Waals surface area contributed by atoms with E-state index >= 15 is 0 Å². The molecule has 0 N–H and O–H groups in total. The Labute approximate surface area is 150 Å². The first kappa shape index (κ1) is 19.9. The molecule has 4 atom stereocenters. The fourth-order valence-corrected chi connectivity index (χ4v) is 3.40. The van der Waals surface area contributed by atoms with Crippen LogP contribution in [0.5, 0.6) is 0 Å². The number of ether oxygens (including phenoxy) is 3. The molecule has 2 heterocycles. The van der Waals surface area contributed by atoms with E-state index in [1.807, 2.05) is 54.5 Å². The summed E-state index contributed by atoms with van der Waals surface area (Å²) in [4.78, 5) is 25.9. The van der Waals surface area contributed by atoms with Gasteiger partial charge in [-0.2, -0.15) is 0 Å². The number of carbonyl (C=O) groups excluding carboxylic acids is 2. The van der Waals surface area contributed by atoms with Crippen LogP contribution in [0.3, 0.4) is 0 Å². The van der Waals surface area contributed by atoms with Gasteiger partial charge in [0.2, 0.25) is 5.91 Å². The Kier molecular flexibility index (Phi) is 5.94. The largest absolute Gasteiger partial charge is 0.447 e. The molecule has 2 amide bonds. The van der Waals surface area contributed by atoms with Gasteiger partial charge in [0.25, 0.3) is 0 Å². The maximum atomic E-state index is 12.7. The highest BCUT2D eigenvalue weighted by Crippen LogP contribution is 2.32. The Morgan fingerprint density at radius 3 is 2.48 bits per heavy atom. The van der Waals surface area contributed by atoms with Crippen molar-refractivity contribution in [3.8, 4) is 0 Å². The molecule has 0 aromatic carbocycles. The van der Waals surface area contributed by atoms with Crippen molar-refractivity contribution >= 4 is 12.0 Å². The van der Waals surface area contributed by atoms with Crippen LogP contribution in [0.4, 0.5) is 4.79 Å². The number of allylic oxidation sites excluding steroid dienone is 1. The second kappa shape index (κ2) is 7.46. The third-order valence-electron chi connectivity index (χ3n) is 4.88.